The topological polar surface area (TPSA) is 43.6 Å². The van der Waals surface area contributed by atoms with Crippen molar-refractivity contribution in [1.29, 1.82) is 0 Å². The van der Waals surface area contributed by atoms with E-state index in [1.54, 1.807) is 0 Å². The Morgan fingerprint density at radius 2 is 1.94 bits per heavy atom. The van der Waals surface area contributed by atoms with Gasteiger partial charge in [-0.2, -0.15) is 18.2 Å². The summed E-state index contributed by atoms with van der Waals surface area (Å²) in [6.07, 6.45) is -3.37. The Morgan fingerprint density at radius 3 is 2.56 bits per heavy atom. The van der Waals surface area contributed by atoms with Gasteiger partial charge in [0.25, 0.3) is 0 Å². The Hall–Kier alpha value is -1.08. The molecule has 0 atom stereocenters. The molecule has 2 rings (SSSR count). The highest BCUT2D eigenvalue weighted by Gasteiger charge is 2.29. The van der Waals surface area contributed by atoms with Gasteiger partial charge in [0.05, 0.1) is 6.33 Å². The molecule has 0 aliphatic rings. The molecule has 0 radical (unpaired) electrons. The van der Waals surface area contributed by atoms with Crippen LogP contribution in [0.2, 0.25) is 10.4 Å². The highest BCUT2D eigenvalue weighted by molar-refractivity contribution is 6.35. The Labute approximate surface area is 97.0 Å². The largest absolute Gasteiger partial charge is 0.406 e. The third-order valence-corrected chi connectivity index (χ3v) is 2.18. The second-order valence-electron chi connectivity index (χ2n) is 2.94. The van der Waals surface area contributed by atoms with Gasteiger partial charge >= 0.3 is 6.18 Å². The molecule has 0 aliphatic carbocycles. The Morgan fingerprint density at radius 1 is 1.25 bits per heavy atom. The van der Waals surface area contributed by atoms with Gasteiger partial charge in [-0.1, -0.05) is 11.6 Å². The van der Waals surface area contributed by atoms with E-state index in [9.17, 15) is 13.2 Å². The number of hydrogen-bond acceptors (Lipinski definition) is 3. The van der Waals surface area contributed by atoms with E-state index in [1.165, 1.54) is 0 Å². The van der Waals surface area contributed by atoms with Crippen molar-refractivity contribution in [2.45, 2.75) is 12.7 Å². The van der Waals surface area contributed by atoms with Crippen molar-refractivity contribution in [2.24, 2.45) is 0 Å². The summed E-state index contributed by atoms with van der Waals surface area (Å²) in [6, 6.07) is 0. The molecule has 86 valence electrons. The summed E-state index contributed by atoms with van der Waals surface area (Å²) < 4.78 is 37.4. The minimum absolute atomic E-state index is 0.0170. The quantitative estimate of drug-likeness (QED) is 0.591. The van der Waals surface area contributed by atoms with Crippen molar-refractivity contribution in [2.75, 3.05) is 0 Å². The zero-order valence-electron chi connectivity index (χ0n) is 7.46. The molecule has 0 aliphatic heterocycles. The molecule has 4 nitrogen and oxygen atoms in total. The Bertz CT molecular complexity index is 536. The lowest BCUT2D eigenvalue weighted by Gasteiger charge is -2.08. The molecule has 0 spiro atoms. The summed E-state index contributed by atoms with van der Waals surface area (Å²) in [5, 5.41) is -0.313. The first-order valence-corrected chi connectivity index (χ1v) is 4.73. The minimum atomic E-state index is -4.36. The van der Waals surface area contributed by atoms with Crippen LogP contribution in [0.25, 0.3) is 11.2 Å². The van der Waals surface area contributed by atoms with Crippen LogP contribution in [-0.2, 0) is 6.54 Å². The molecule has 0 saturated carbocycles. The monoisotopic (exact) mass is 270 g/mol. The van der Waals surface area contributed by atoms with Crippen LogP contribution in [0.3, 0.4) is 0 Å². The number of hydrogen-bond donors (Lipinski definition) is 0. The van der Waals surface area contributed by atoms with E-state index in [4.69, 9.17) is 23.2 Å². The van der Waals surface area contributed by atoms with Crippen molar-refractivity contribution in [3.63, 3.8) is 0 Å². The van der Waals surface area contributed by atoms with E-state index < -0.39 is 12.7 Å². The molecule has 16 heavy (non-hydrogen) atoms. The zero-order chi connectivity index (χ0) is 11.9. The summed E-state index contributed by atoms with van der Waals surface area (Å²) in [5.41, 5.74) is 0.0534. The molecule has 0 N–H and O–H groups in total. The molecule has 2 aromatic rings. The Balaban J connectivity index is 2.56. The maximum Gasteiger partial charge on any atom is 0.406 e. The number of aromatic nitrogens is 4. The first-order chi connectivity index (χ1) is 7.37. The smallest absolute Gasteiger partial charge is 0.317 e. The van der Waals surface area contributed by atoms with Gasteiger partial charge in [-0.05, 0) is 11.6 Å². The van der Waals surface area contributed by atoms with Crippen molar-refractivity contribution in [1.82, 2.24) is 19.5 Å². The highest BCUT2D eigenvalue weighted by atomic mass is 35.5. The average Bonchev–Trinajstić information content (AvgIpc) is 2.44. The van der Waals surface area contributed by atoms with Gasteiger partial charge in [-0.3, -0.25) is 0 Å². The molecule has 0 bridgehead atoms. The van der Waals surface area contributed by atoms with Crippen LogP contribution in [0.1, 0.15) is 0 Å². The predicted molar refractivity (Wildman–Crippen MR) is 51.4 cm³/mol. The lowest BCUT2D eigenvalue weighted by atomic mass is 10.5. The highest BCUT2D eigenvalue weighted by Crippen LogP contribution is 2.25. The first-order valence-electron chi connectivity index (χ1n) is 3.97. The molecule has 2 aromatic heterocycles. The summed E-state index contributed by atoms with van der Waals surface area (Å²) in [7, 11) is 0. The van der Waals surface area contributed by atoms with Crippen LogP contribution >= 0.6 is 23.2 Å². The number of fused-ring (bicyclic) bond motifs is 1. The number of halogens is 5. The molecule has 9 heteroatoms. The maximum absolute atomic E-state index is 12.2. The third-order valence-electron chi connectivity index (χ3n) is 1.75. The molecule has 0 unspecified atom stereocenters. The summed E-state index contributed by atoms with van der Waals surface area (Å²) >= 11 is 11.2. The summed E-state index contributed by atoms with van der Waals surface area (Å²) in [5.74, 6) is 0. The normalized spacial score (nSPS) is 12.3. The standard InChI is InChI=1S/C7H3Cl2F3N4/c8-4-3-5(15-6(9)14-4)13-2-16(3)1-7(10,11)12/h2H,1H2. The van der Waals surface area contributed by atoms with Crippen LogP contribution in [0.5, 0.6) is 0 Å². The van der Waals surface area contributed by atoms with E-state index in [0.29, 0.717) is 0 Å². The fraction of sp³-hybridized carbons (Fsp3) is 0.286. The first kappa shape index (κ1) is 11.4. The fourth-order valence-electron chi connectivity index (χ4n) is 1.22. The zero-order valence-corrected chi connectivity index (χ0v) is 8.97. The van der Waals surface area contributed by atoms with Gasteiger partial charge in [0.1, 0.15) is 12.1 Å². The number of nitrogens with zero attached hydrogens (tertiary/aromatic N) is 4. The molecule has 0 saturated heterocycles. The van der Waals surface area contributed by atoms with Crippen LogP contribution in [0.4, 0.5) is 13.2 Å². The summed E-state index contributed by atoms with van der Waals surface area (Å²) in [4.78, 5) is 10.9. The van der Waals surface area contributed by atoms with Gasteiger partial charge in [0.15, 0.2) is 10.8 Å². The van der Waals surface area contributed by atoms with Crippen LogP contribution in [0, 0.1) is 0 Å². The number of rotatable bonds is 1. The van der Waals surface area contributed by atoms with E-state index in [2.05, 4.69) is 15.0 Å². The second-order valence-corrected chi connectivity index (χ2v) is 3.64. The van der Waals surface area contributed by atoms with Crippen LogP contribution in [-0.4, -0.2) is 25.7 Å². The molecular formula is C7H3Cl2F3N4. The maximum atomic E-state index is 12.2. The molecule has 2 heterocycles. The predicted octanol–water partition coefficient (Wildman–Crippen LogP) is 2.70. The van der Waals surface area contributed by atoms with Crippen molar-refractivity contribution in [3.05, 3.63) is 16.8 Å². The van der Waals surface area contributed by atoms with Gasteiger partial charge in [-0.25, -0.2) is 9.97 Å². The van der Waals surface area contributed by atoms with E-state index in [1.807, 2.05) is 0 Å². The van der Waals surface area contributed by atoms with Crippen molar-refractivity contribution < 1.29 is 13.2 Å². The Kier molecular flexibility index (Phi) is 2.67. The lowest BCUT2D eigenvalue weighted by molar-refractivity contribution is -0.139. The summed E-state index contributed by atoms with van der Waals surface area (Å²) in [6.45, 7) is -1.20. The van der Waals surface area contributed by atoms with Crippen molar-refractivity contribution >= 4 is 34.4 Å². The SMILES string of the molecule is FC(F)(F)Cn1cnc2nc(Cl)nc(Cl)c21. The lowest BCUT2D eigenvalue weighted by Crippen LogP contribution is -2.17. The molecule has 0 fully saturated rings. The molecule has 0 amide bonds. The van der Waals surface area contributed by atoms with E-state index in [0.717, 1.165) is 10.9 Å². The fourth-order valence-corrected chi connectivity index (χ4v) is 1.70. The molecular weight excluding hydrogens is 268 g/mol. The van der Waals surface area contributed by atoms with E-state index >= 15 is 0 Å². The van der Waals surface area contributed by atoms with E-state index in [-0.39, 0.29) is 21.6 Å². The van der Waals surface area contributed by atoms with Gasteiger partial charge < -0.3 is 4.57 Å². The number of alkyl halides is 3. The molecule has 0 aromatic carbocycles. The minimum Gasteiger partial charge on any atom is -0.317 e. The van der Waals surface area contributed by atoms with Crippen LogP contribution in [0.15, 0.2) is 6.33 Å². The van der Waals surface area contributed by atoms with Gasteiger partial charge in [0, 0.05) is 0 Å². The van der Waals surface area contributed by atoms with Crippen LogP contribution < -0.4 is 0 Å². The average molecular weight is 271 g/mol. The van der Waals surface area contributed by atoms with Gasteiger partial charge in [0.2, 0.25) is 5.28 Å². The van der Waals surface area contributed by atoms with Gasteiger partial charge in [-0.15, -0.1) is 0 Å². The van der Waals surface area contributed by atoms with Crippen molar-refractivity contribution in [3.8, 4) is 0 Å². The third kappa shape index (κ3) is 2.19. The second kappa shape index (κ2) is 3.74. The number of imidazole rings is 1.